The highest BCUT2D eigenvalue weighted by atomic mass is 19.4. The Balaban J connectivity index is 2.02. The predicted molar refractivity (Wildman–Crippen MR) is 114 cm³/mol. The first-order valence-corrected chi connectivity index (χ1v) is 10.0. The van der Waals surface area contributed by atoms with Crippen molar-refractivity contribution in [1.29, 1.82) is 0 Å². The highest BCUT2D eigenvalue weighted by molar-refractivity contribution is 6.12. The normalized spacial score (nSPS) is 22.3. The van der Waals surface area contributed by atoms with Crippen molar-refractivity contribution in [2.45, 2.75) is 11.7 Å². The number of hydrazine groups is 2. The molecular weight excluding hydrogens is 435 g/mol. The van der Waals surface area contributed by atoms with E-state index in [9.17, 15) is 22.8 Å². The summed E-state index contributed by atoms with van der Waals surface area (Å²) in [4.78, 5) is 27.7. The average Bonchev–Trinajstić information content (AvgIpc) is 3.38. The first-order valence-electron chi connectivity index (χ1n) is 10.0. The smallest absolute Gasteiger partial charge is 0.413 e. The quantitative estimate of drug-likeness (QED) is 0.644. The molecule has 0 radical (unpaired) electrons. The number of benzene rings is 2. The Hall–Kier alpha value is -3.85. The van der Waals surface area contributed by atoms with Crippen LogP contribution in [-0.4, -0.2) is 35.4 Å². The van der Waals surface area contributed by atoms with Crippen LogP contribution >= 0.6 is 0 Å². The first-order chi connectivity index (χ1) is 15.8. The summed E-state index contributed by atoms with van der Waals surface area (Å²) in [5.41, 5.74) is 2.21. The van der Waals surface area contributed by atoms with Gasteiger partial charge >= 0.3 is 6.18 Å². The molecule has 2 aromatic rings. The van der Waals surface area contributed by atoms with Crippen LogP contribution in [-0.2, 0) is 4.74 Å². The van der Waals surface area contributed by atoms with Crippen molar-refractivity contribution in [1.82, 2.24) is 16.0 Å². The molecule has 2 unspecified atom stereocenters. The molecule has 1 aliphatic carbocycles. The van der Waals surface area contributed by atoms with Crippen molar-refractivity contribution in [3.05, 3.63) is 108 Å². The van der Waals surface area contributed by atoms with Crippen LogP contribution in [0.4, 0.5) is 13.2 Å². The zero-order chi connectivity index (χ0) is 23.6. The van der Waals surface area contributed by atoms with E-state index in [0.29, 0.717) is 0 Å². The lowest BCUT2D eigenvalue weighted by Gasteiger charge is -2.45. The fraction of sp³-hybridized carbons (Fsp3) is 0.167. The Labute approximate surface area is 188 Å². The fourth-order valence-electron chi connectivity index (χ4n) is 4.10. The summed E-state index contributed by atoms with van der Waals surface area (Å²) in [5.74, 6) is -3.67. The maximum Gasteiger partial charge on any atom is 0.413 e. The summed E-state index contributed by atoms with van der Waals surface area (Å²) in [6.45, 7) is 0. The third kappa shape index (κ3) is 3.91. The van der Waals surface area contributed by atoms with Gasteiger partial charge in [-0.1, -0.05) is 60.7 Å². The van der Waals surface area contributed by atoms with E-state index in [1.54, 1.807) is 36.4 Å². The van der Waals surface area contributed by atoms with Gasteiger partial charge in [0, 0.05) is 23.5 Å². The molecule has 170 valence electrons. The highest BCUT2D eigenvalue weighted by Gasteiger charge is 2.60. The number of halogens is 3. The largest absolute Gasteiger partial charge is 0.497 e. The second-order valence-corrected chi connectivity index (χ2v) is 7.47. The number of Topliss-reactive ketones (excluding diaryl/α,β-unsaturated/α-hetero) is 2. The Morgan fingerprint density at radius 3 is 2.12 bits per heavy atom. The maximum absolute atomic E-state index is 14.4. The number of carbonyl (C=O) groups excluding carboxylic acids is 2. The summed E-state index contributed by atoms with van der Waals surface area (Å²) in [7, 11) is 1.21. The predicted octanol–water partition coefficient (Wildman–Crippen LogP) is 3.94. The molecule has 0 amide bonds. The number of ketones is 2. The molecule has 33 heavy (non-hydrogen) atoms. The monoisotopic (exact) mass is 455 g/mol. The Morgan fingerprint density at radius 1 is 1.00 bits per heavy atom. The number of ether oxygens (including phenoxy) is 1. The number of carbonyl (C=O) groups is 2. The molecule has 0 saturated carbocycles. The van der Waals surface area contributed by atoms with Gasteiger partial charge in [-0.2, -0.15) is 13.2 Å². The Morgan fingerprint density at radius 2 is 1.61 bits per heavy atom. The van der Waals surface area contributed by atoms with E-state index in [1.807, 2.05) is 0 Å². The lowest BCUT2D eigenvalue weighted by molar-refractivity contribution is -0.103. The summed E-state index contributed by atoms with van der Waals surface area (Å²) < 4.78 is 48.3. The number of methoxy groups -OCH3 is 1. The zero-order valence-electron chi connectivity index (χ0n) is 17.5. The van der Waals surface area contributed by atoms with E-state index in [0.717, 1.165) is 6.08 Å². The SMILES string of the molecule is COC1=CC(C(=O)c2ccccc2)(N2C=CNN2)C(C(=O)c2ccccc2)C(C(F)(F)F)=C1. The molecule has 0 saturated heterocycles. The highest BCUT2D eigenvalue weighted by Crippen LogP contribution is 2.47. The van der Waals surface area contributed by atoms with Crippen molar-refractivity contribution < 1.29 is 27.5 Å². The van der Waals surface area contributed by atoms with Gasteiger partial charge < -0.3 is 10.2 Å². The molecule has 2 atom stereocenters. The van der Waals surface area contributed by atoms with Gasteiger partial charge in [0.25, 0.3) is 0 Å². The molecular formula is C24H20F3N3O3. The van der Waals surface area contributed by atoms with E-state index >= 15 is 0 Å². The first kappa shape index (κ1) is 22.3. The van der Waals surface area contributed by atoms with Crippen LogP contribution in [0.1, 0.15) is 20.7 Å². The van der Waals surface area contributed by atoms with Gasteiger partial charge in [0.2, 0.25) is 0 Å². The van der Waals surface area contributed by atoms with Crippen molar-refractivity contribution in [2.24, 2.45) is 5.92 Å². The molecule has 1 heterocycles. The van der Waals surface area contributed by atoms with Gasteiger partial charge in [0.05, 0.1) is 18.6 Å². The van der Waals surface area contributed by atoms with Crippen molar-refractivity contribution in [3.8, 4) is 0 Å². The molecule has 9 heteroatoms. The second kappa shape index (κ2) is 8.59. The molecule has 0 aromatic heterocycles. The van der Waals surface area contributed by atoms with Crippen LogP contribution in [0.15, 0.2) is 96.5 Å². The van der Waals surface area contributed by atoms with Crippen molar-refractivity contribution >= 4 is 11.6 Å². The molecule has 2 aliphatic rings. The third-order valence-corrected chi connectivity index (χ3v) is 5.58. The molecule has 0 fully saturated rings. The molecule has 2 aromatic carbocycles. The van der Waals surface area contributed by atoms with E-state index in [-0.39, 0.29) is 16.9 Å². The van der Waals surface area contributed by atoms with E-state index < -0.39 is 34.8 Å². The summed E-state index contributed by atoms with van der Waals surface area (Å²) in [5, 5.41) is 1.17. The second-order valence-electron chi connectivity index (χ2n) is 7.47. The van der Waals surface area contributed by atoms with Crippen LogP contribution in [0.2, 0.25) is 0 Å². The van der Waals surface area contributed by atoms with Gasteiger partial charge in [-0.15, -0.1) is 5.53 Å². The number of alkyl halides is 3. The summed E-state index contributed by atoms with van der Waals surface area (Å²) in [6, 6.07) is 15.5. The van der Waals surface area contributed by atoms with Gasteiger partial charge in [-0.05, 0) is 12.2 Å². The Kier molecular flexibility index (Phi) is 5.82. The van der Waals surface area contributed by atoms with E-state index in [4.69, 9.17) is 4.74 Å². The van der Waals surface area contributed by atoms with E-state index in [2.05, 4.69) is 11.0 Å². The summed E-state index contributed by atoms with van der Waals surface area (Å²) >= 11 is 0. The van der Waals surface area contributed by atoms with E-state index in [1.165, 1.54) is 54.9 Å². The minimum absolute atomic E-state index is 0.0493. The maximum atomic E-state index is 14.4. The molecule has 2 N–H and O–H groups in total. The van der Waals surface area contributed by atoms with Gasteiger partial charge in [-0.25, -0.2) is 0 Å². The van der Waals surface area contributed by atoms with Crippen LogP contribution in [0, 0.1) is 5.92 Å². The molecule has 1 aliphatic heterocycles. The van der Waals surface area contributed by atoms with Crippen LogP contribution < -0.4 is 11.0 Å². The Bertz CT molecular complexity index is 1140. The lowest BCUT2D eigenvalue weighted by Crippen LogP contribution is -2.64. The molecule has 0 bridgehead atoms. The molecule has 0 spiro atoms. The summed E-state index contributed by atoms with van der Waals surface area (Å²) in [6.07, 6.45) is -0.0971. The topological polar surface area (TPSA) is 70.7 Å². The number of hydrogen-bond donors (Lipinski definition) is 2. The number of allylic oxidation sites excluding steroid dienone is 1. The number of hydrogen-bond acceptors (Lipinski definition) is 6. The minimum atomic E-state index is -4.91. The number of rotatable bonds is 6. The van der Waals surface area contributed by atoms with Crippen LogP contribution in [0.5, 0.6) is 0 Å². The fourth-order valence-corrected chi connectivity index (χ4v) is 4.10. The number of nitrogens with one attached hydrogen (secondary N) is 2. The lowest BCUT2D eigenvalue weighted by atomic mass is 9.67. The zero-order valence-corrected chi connectivity index (χ0v) is 17.5. The van der Waals surface area contributed by atoms with Gasteiger partial charge in [0.1, 0.15) is 5.76 Å². The van der Waals surface area contributed by atoms with Crippen molar-refractivity contribution in [2.75, 3.05) is 7.11 Å². The van der Waals surface area contributed by atoms with Gasteiger partial charge in [-0.3, -0.25) is 14.6 Å². The van der Waals surface area contributed by atoms with Crippen LogP contribution in [0.25, 0.3) is 0 Å². The minimum Gasteiger partial charge on any atom is -0.497 e. The van der Waals surface area contributed by atoms with Gasteiger partial charge in [0.15, 0.2) is 17.1 Å². The van der Waals surface area contributed by atoms with Crippen LogP contribution in [0.3, 0.4) is 0 Å². The third-order valence-electron chi connectivity index (χ3n) is 5.58. The molecule has 4 rings (SSSR count). The van der Waals surface area contributed by atoms with Crippen molar-refractivity contribution in [3.63, 3.8) is 0 Å². The standard InChI is InChI=1S/C24H20F3N3O3/c1-33-18-14-19(24(25,26)27)20(21(31)16-8-4-2-5-9-16)23(15-18,30-13-12-28-29-30)22(32)17-10-6-3-7-11-17/h2-15,20,28-29H,1H3. The average molecular weight is 455 g/mol. The number of nitrogens with zero attached hydrogens (tertiary/aromatic N) is 1. The molecule has 6 nitrogen and oxygen atoms in total.